The summed E-state index contributed by atoms with van der Waals surface area (Å²) in [7, 11) is 0. The molecular formula is C50H32O. The molecule has 9 aromatic carbocycles. The highest BCUT2D eigenvalue weighted by atomic mass is 16.3. The molecule has 1 nitrogen and oxygen atoms in total. The molecule has 0 N–H and O–H groups in total. The third-order valence-corrected chi connectivity index (χ3v) is 11.0. The minimum Gasteiger partial charge on any atom is -0.456 e. The van der Waals surface area contributed by atoms with Gasteiger partial charge in [0.2, 0.25) is 0 Å². The van der Waals surface area contributed by atoms with E-state index < -0.39 is 0 Å². The van der Waals surface area contributed by atoms with Crippen molar-refractivity contribution >= 4 is 71.1 Å². The van der Waals surface area contributed by atoms with E-state index in [0.717, 1.165) is 29.6 Å². The summed E-state index contributed by atoms with van der Waals surface area (Å²) >= 11 is 0. The second-order valence-corrected chi connectivity index (χ2v) is 14.0. The molecule has 0 aliphatic heterocycles. The predicted octanol–water partition coefficient (Wildman–Crippen LogP) is 14.2. The number of allylic oxidation sites excluding steroid dienone is 1. The lowest BCUT2D eigenvalue weighted by atomic mass is 9.84. The van der Waals surface area contributed by atoms with Gasteiger partial charge in [0.25, 0.3) is 0 Å². The van der Waals surface area contributed by atoms with Crippen molar-refractivity contribution in [2.24, 2.45) is 0 Å². The van der Waals surface area contributed by atoms with E-state index in [2.05, 4.69) is 170 Å². The highest BCUT2D eigenvalue weighted by Gasteiger charge is 2.19. The second-order valence-electron chi connectivity index (χ2n) is 14.0. The van der Waals surface area contributed by atoms with Crippen molar-refractivity contribution in [3.8, 4) is 33.4 Å². The van der Waals surface area contributed by atoms with Crippen LogP contribution in [0.4, 0.5) is 0 Å². The van der Waals surface area contributed by atoms with Crippen LogP contribution in [-0.2, 0) is 6.42 Å². The lowest BCUT2D eigenvalue weighted by molar-refractivity contribution is 0.668. The third-order valence-electron chi connectivity index (χ3n) is 11.0. The number of benzene rings is 9. The van der Waals surface area contributed by atoms with Crippen LogP contribution in [0.5, 0.6) is 0 Å². The van der Waals surface area contributed by atoms with E-state index in [1.165, 1.54) is 92.8 Å². The molecule has 1 aliphatic carbocycles. The van der Waals surface area contributed by atoms with Crippen molar-refractivity contribution in [2.45, 2.75) is 12.8 Å². The zero-order valence-electron chi connectivity index (χ0n) is 28.0. The van der Waals surface area contributed by atoms with E-state index in [9.17, 15) is 0 Å². The number of hydrogen-bond acceptors (Lipinski definition) is 1. The molecule has 238 valence electrons. The first kappa shape index (κ1) is 28.4. The molecule has 0 atom stereocenters. The summed E-state index contributed by atoms with van der Waals surface area (Å²) in [5.74, 6) is 0. The summed E-state index contributed by atoms with van der Waals surface area (Å²) in [6.45, 7) is 0. The Morgan fingerprint density at radius 3 is 1.63 bits per heavy atom. The quantitative estimate of drug-likeness (QED) is 0.174. The zero-order valence-corrected chi connectivity index (χ0v) is 28.0. The molecule has 0 unspecified atom stereocenters. The number of furan rings is 1. The average molecular weight is 649 g/mol. The van der Waals surface area contributed by atoms with Crippen LogP contribution >= 0.6 is 0 Å². The SMILES string of the molecule is C1=Cc2cc3oc4cc(-c5ccc6c(-c7ccc8ccccc8c7)c7ccccc7c(-c7ccc8ccccc8c7)c6c5)ccc4c3cc2CC1. The molecule has 51 heavy (non-hydrogen) atoms. The van der Waals surface area contributed by atoms with Crippen LogP contribution in [0, 0.1) is 0 Å². The summed E-state index contributed by atoms with van der Waals surface area (Å²) in [6.07, 6.45) is 6.67. The number of aryl methyl sites for hydroxylation is 1. The topological polar surface area (TPSA) is 13.1 Å². The van der Waals surface area contributed by atoms with Gasteiger partial charge in [-0.05, 0) is 143 Å². The van der Waals surface area contributed by atoms with E-state index in [-0.39, 0.29) is 0 Å². The van der Waals surface area contributed by atoms with Crippen molar-refractivity contribution in [3.63, 3.8) is 0 Å². The Balaban J connectivity index is 1.18. The summed E-state index contributed by atoms with van der Waals surface area (Å²) in [5.41, 5.74) is 11.9. The van der Waals surface area contributed by atoms with Gasteiger partial charge >= 0.3 is 0 Å². The molecule has 0 spiro atoms. The van der Waals surface area contributed by atoms with E-state index in [1.807, 2.05) is 0 Å². The lowest BCUT2D eigenvalue weighted by Gasteiger charge is -2.19. The number of rotatable bonds is 3. The van der Waals surface area contributed by atoms with Crippen LogP contribution in [0.25, 0.3) is 104 Å². The van der Waals surface area contributed by atoms with E-state index in [1.54, 1.807) is 0 Å². The first-order valence-corrected chi connectivity index (χ1v) is 17.9. The normalized spacial score (nSPS) is 12.9. The Morgan fingerprint density at radius 2 is 0.922 bits per heavy atom. The van der Waals surface area contributed by atoms with Gasteiger partial charge in [0.15, 0.2) is 0 Å². The van der Waals surface area contributed by atoms with Crippen molar-refractivity contribution in [1.29, 1.82) is 0 Å². The first-order valence-electron chi connectivity index (χ1n) is 17.9. The summed E-state index contributed by atoms with van der Waals surface area (Å²) < 4.78 is 6.54. The first-order chi connectivity index (χ1) is 25.2. The van der Waals surface area contributed by atoms with Crippen molar-refractivity contribution < 1.29 is 4.42 Å². The van der Waals surface area contributed by atoms with Crippen LogP contribution in [0.3, 0.4) is 0 Å². The number of hydrogen-bond donors (Lipinski definition) is 0. The van der Waals surface area contributed by atoms with Gasteiger partial charge in [0.1, 0.15) is 11.2 Å². The third kappa shape index (κ3) is 4.48. The average Bonchev–Trinajstić information content (AvgIpc) is 3.55. The maximum Gasteiger partial charge on any atom is 0.136 e. The molecular weight excluding hydrogens is 617 g/mol. The monoisotopic (exact) mass is 648 g/mol. The van der Waals surface area contributed by atoms with Crippen molar-refractivity contribution in [3.05, 3.63) is 175 Å². The van der Waals surface area contributed by atoms with Gasteiger partial charge in [-0.1, -0.05) is 127 Å². The summed E-state index contributed by atoms with van der Waals surface area (Å²) in [4.78, 5) is 0. The molecule has 0 fully saturated rings. The highest BCUT2D eigenvalue weighted by molar-refractivity contribution is 6.22. The maximum atomic E-state index is 6.54. The maximum absolute atomic E-state index is 6.54. The largest absolute Gasteiger partial charge is 0.456 e. The van der Waals surface area contributed by atoms with Crippen molar-refractivity contribution in [1.82, 2.24) is 0 Å². The van der Waals surface area contributed by atoms with Crippen LogP contribution in [-0.4, -0.2) is 0 Å². The highest BCUT2D eigenvalue weighted by Crippen LogP contribution is 2.46. The Labute approximate surface area is 295 Å². The van der Waals surface area contributed by atoms with Gasteiger partial charge in [0, 0.05) is 10.8 Å². The Kier molecular flexibility index (Phi) is 6.15. The molecule has 0 bridgehead atoms. The van der Waals surface area contributed by atoms with E-state index in [0.29, 0.717) is 0 Å². The van der Waals surface area contributed by atoms with Crippen LogP contribution in [0.15, 0.2) is 168 Å². The molecule has 0 radical (unpaired) electrons. The van der Waals surface area contributed by atoms with E-state index in [4.69, 9.17) is 4.42 Å². The van der Waals surface area contributed by atoms with Crippen LogP contribution in [0.2, 0.25) is 0 Å². The molecule has 1 heteroatoms. The molecule has 10 aromatic rings. The van der Waals surface area contributed by atoms with Gasteiger partial charge in [-0.15, -0.1) is 0 Å². The molecule has 1 aromatic heterocycles. The van der Waals surface area contributed by atoms with Gasteiger partial charge in [-0.3, -0.25) is 0 Å². The molecule has 1 heterocycles. The van der Waals surface area contributed by atoms with Crippen molar-refractivity contribution in [2.75, 3.05) is 0 Å². The molecule has 11 rings (SSSR count). The second kappa shape index (κ2) is 11.0. The fourth-order valence-corrected chi connectivity index (χ4v) is 8.55. The lowest BCUT2D eigenvalue weighted by Crippen LogP contribution is -1.92. The Bertz CT molecular complexity index is 3080. The van der Waals surface area contributed by atoms with Crippen LogP contribution < -0.4 is 0 Å². The fourth-order valence-electron chi connectivity index (χ4n) is 8.55. The van der Waals surface area contributed by atoms with Gasteiger partial charge < -0.3 is 4.42 Å². The fraction of sp³-hybridized carbons (Fsp3) is 0.0400. The molecule has 0 saturated heterocycles. The smallest absolute Gasteiger partial charge is 0.136 e. The summed E-state index contributed by atoms with van der Waals surface area (Å²) in [6, 6.07) is 58.4. The Hall–Kier alpha value is -6.44. The van der Waals surface area contributed by atoms with Gasteiger partial charge in [-0.25, -0.2) is 0 Å². The standard InChI is InChI=1S/C50H32O/c1-3-11-33-25-39(19-17-31(33)9-1)49-42-15-7-8-16-43(42)50(40-20-18-32-10-2-4-12-34(32)26-40)46-28-37(22-24-44(46)49)38-21-23-41-45-27-35-13-5-6-14-36(35)29-48(45)51-47(41)30-38/h1-4,6-12,14-30H,5,13H2. The van der Waals surface area contributed by atoms with Gasteiger partial charge in [0.05, 0.1) is 0 Å². The molecule has 0 amide bonds. The summed E-state index contributed by atoms with van der Waals surface area (Å²) in [5, 5.41) is 12.4. The molecule has 0 saturated carbocycles. The predicted molar refractivity (Wildman–Crippen MR) is 217 cm³/mol. The Morgan fingerprint density at radius 1 is 0.373 bits per heavy atom. The van der Waals surface area contributed by atoms with Crippen LogP contribution in [0.1, 0.15) is 17.5 Å². The van der Waals surface area contributed by atoms with Gasteiger partial charge in [-0.2, -0.15) is 0 Å². The minimum atomic E-state index is 0.930. The van der Waals surface area contributed by atoms with E-state index >= 15 is 0 Å². The molecule has 1 aliphatic rings. The zero-order chi connectivity index (χ0) is 33.5. The number of fused-ring (bicyclic) bond motifs is 8. The minimum absolute atomic E-state index is 0.930.